The van der Waals surface area contributed by atoms with Crippen molar-refractivity contribution in [2.45, 2.75) is 20.0 Å². The molecular formula is C13H14N2O2. The smallest absolute Gasteiger partial charge is 0.216 e. The van der Waals surface area contributed by atoms with Crippen LogP contribution in [0.4, 0.5) is 0 Å². The number of hydrogen-bond acceptors (Lipinski definition) is 4. The maximum Gasteiger partial charge on any atom is 0.216 e. The molecule has 17 heavy (non-hydrogen) atoms. The fourth-order valence-electron chi connectivity index (χ4n) is 1.62. The van der Waals surface area contributed by atoms with Gasteiger partial charge in [-0.05, 0) is 32.0 Å². The van der Waals surface area contributed by atoms with E-state index in [9.17, 15) is 0 Å². The summed E-state index contributed by atoms with van der Waals surface area (Å²) < 4.78 is 10.9. The summed E-state index contributed by atoms with van der Waals surface area (Å²) >= 11 is 0. The molecule has 4 heteroatoms. The summed E-state index contributed by atoms with van der Waals surface area (Å²) in [5, 5.41) is 9.09. The maximum atomic E-state index is 9.09. The Hall–Kier alpha value is -2.02. The predicted molar refractivity (Wildman–Crippen MR) is 64.3 cm³/mol. The van der Waals surface area contributed by atoms with Crippen molar-refractivity contribution in [3.8, 4) is 11.8 Å². The van der Waals surface area contributed by atoms with Crippen molar-refractivity contribution in [2.75, 3.05) is 13.2 Å². The average Bonchev–Trinajstić information content (AvgIpc) is 2.82. The molecule has 4 nitrogen and oxygen atoms in total. The molecule has 0 saturated carbocycles. The van der Waals surface area contributed by atoms with Crippen LogP contribution in [-0.4, -0.2) is 25.2 Å². The number of benzene rings is 1. The Morgan fingerprint density at radius 3 is 2.88 bits per heavy atom. The quantitative estimate of drug-likeness (QED) is 0.799. The minimum Gasteiger partial charge on any atom is -0.490 e. The van der Waals surface area contributed by atoms with Gasteiger partial charge in [-0.25, -0.2) is 4.99 Å². The highest BCUT2D eigenvalue weighted by molar-refractivity contribution is 5.95. The fraction of sp³-hybridized carbons (Fsp3) is 0.385. The lowest BCUT2D eigenvalue weighted by atomic mass is 10.1. The van der Waals surface area contributed by atoms with Gasteiger partial charge in [0.05, 0.1) is 18.2 Å². The zero-order valence-electron chi connectivity index (χ0n) is 9.93. The first kappa shape index (κ1) is 11.5. The highest BCUT2D eigenvalue weighted by atomic mass is 16.5. The van der Waals surface area contributed by atoms with Gasteiger partial charge in [-0.2, -0.15) is 5.26 Å². The lowest BCUT2D eigenvalue weighted by Gasteiger charge is -2.12. The van der Waals surface area contributed by atoms with E-state index in [0.717, 1.165) is 5.56 Å². The Bertz CT molecular complexity index is 487. The highest BCUT2D eigenvalue weighted by Crippen LogP contribution is 2.22. The summed E-state index contributed by atoms with van der Waals surface area (Å²) in [6.45, 7) is 5.15. The minimum atomic E-state index is 0.0491. The molecule has 0 atom stereocenters. The van der Waals surface area contributed by atoms with E-state index in [2.05, 4.69) is 11.1 Å². The minimum absolute atomic E-state index is 0.0491. The molecular weight excluding hydrogens is 216 g/mol. The molecule has 1 aliphatic rings. The zero-order chi connectivity index (χ0) is 12.3. The molecule has 0 aliphatic carbocycles. The second-order valence-electron chi connectivity index (χ2n) is 4.02. The third kappa shape index (κ3) is 2.56. The molecule has 0 radical (unpaired) electrons. The van der Waals surface area contributed by atoms with Crippen LogP contribution < -0.4 is 4.74 Å². The lowest BCUT2D eigenvalue weighted by Crippen LogP contribution is -2.08. The maximum absolute atomic E-state index is 9.09. The number of nitrogens with zero attached hydrogens (tertiary/aromatic N) is 2. The molecule has 2 rings (SSSR count). The Balaban J connectivity index is 2.31. The van der Waals surface area contributed by atoms with Gasteiger partial charge >= 0.3 is 0 Å². The molecule has 1 aromatic carbocycles. The van der Waals surface area contributed by atoms with Crippen LogP contribution in [-0.2, 0) is 4.74 Å². The van der Waals surface area contributed by atoms with Gasteiger partial charge < -0.3 is 9.47 Å². The Morgan fingerprint density at radius 2 is 2.29 bits per heavy atom. The van der Waals surface area contributed by atoms with Crippen LogP contribution in [0.1, 0.15) is 25.0 Å². The van der Waals surface area contributed by atoms with Crippen LogP contribution in [0, 0.1) is 11.3 Å². The molecule has 0 spiro atoms. The second-order valence-corrected chi connectivity index (χ2v) is 4.02. The first-order valence-corrected chi connectivity index (χ1v) is 5.59. The topological polar surface area (TPSA) is 54.6 Å². The first-order valence-electron chi connectivity index (χ1n) is 5.59. The number of nitriles is 1. The van der Waals surface area contributed by atoms with Crippen LogP contribution in [0.15, 0.2) is 23.2 Å². The van der Waals surface area contributed by atoms with Crippen molar-refractivity contribution < 1.29 is 9.47 Å². The number of hydrogen-bond donors (Lipinski definition) is 0. The van der Waals surface area contributed by atoms with E-state index in [0.29, 0.717) is 30.4 Å². The van der Waals surface area contributed by atoms with Gasteiger partial charge in [0.2, 0.25) is 5.90 Å². The van der Waals surface area contributed by atoms with Crippen LogP contribution >= 0.6 is 0 Å². The standard InChI is InChI=1S/C13H14N2O2/c1-9(2)17-12-4-3-10(7-11(12)8-14)13-15-5-6-16-13/h3-4,7,9H,5-6H2,1-2H3. The van der Waals surface area contributed by atoms with Crippen molar-refractivity contribution in [3.05, 3.63) is 29.3 Å². The summed E-state index contributed by atoms with van der Waals surface area (Å²) in [5.41, 5.74) is 1.34. The van der Waals surface area contributed by atoms with E-state index in [-0.39, 0.29) is 6.10 Å². The number of aliphatic imine (C=N–C) groups is 1. The van der Waals surface area contributed by atoms with Crippen molar-refractivity contribution in [1.29, 1.82) is 5.26 Å². The van der Waals surface area contributed by atoms with Crippen LogP contribution in [0.2, 0.25) is 0 Å². The zero-order valence-corrected chi connectivity index (χ0v) is 9.93. The second kappa shape index (κ2) is 4.88. The molecule has 0 bridgehead atoms. The molecule has 0 N–H and O–H groups in total. The van der Waals surface area contributed by atoms with E-state index >= 15 is 0 Å². The van der Waals surface area contributed by atoms with Gasteiger partial charge in [-0.3, -0.25) is 0 Å². The summed E-state index contributed by atoms with van der Waals surface area (Å²) in [6.07, 6.45) is 0.0491. The predicted octanol–water partition coefficient (Wildman–Crippen LogP) is 2.12. The molecule has 0 amide bonds. The Labute approximate surface area is 100 Å². The number of ether oxygens (including phenoxy) is 2. The average molecular weight is 230 g/mol. The van der Waals surface area contributed by atoms with Gasteiger partial charge in [0, 0.05) is 5.56 Å². The summed E-state index contributed by atoms with van der Waals surface area (Å²) in [7, 11) is 0. The first-order chi connectivity index (χ1) is 8.20. The van der Waals surface area contributed by atoms with Crippen LogP contribution in [0.3, 0.4) is 0 Å². The van der Waals surface area contributed by atoms with Gasteiger partial charge in [-0.15, -0.1) is 0 Å². The molecule has 0 unspecified atom stereocenters. The number of rotatable bonds is 3. The van der Waals surface area contributed by atoms with E-state index in [1.54, 1.807) is 12.1 Å². The Kier molecular flexibility index (Phi) is 3.29. The summed E-state index contributed by atoms with van der Waals surface area (Å²) in [4.78, 5) is 4.22. The largest absolute Gasteiger partial charge is 0.490 e. The summed E-state index contributed by atoms with van der Waals surface area (Å²) in [5.74, 6) is 1.21. The molecule has 1 aromatic rings. The Morgan fingerprint density at radius 1 is 1.47 bits per heavy atom. The third-order valence-electron chi connectivity index (χ3n) is 2.30. The molecule has 0 saturated heterocycles. The van der Waals surface area contributed by atoms with Crippen molar-refractivity contribution >= 4 is 5.90 Å². The molecule has 88 valence electrons. The van der Waals surface area contributed by atoms with Gasteiger partial charge in [0.15, 0.2) is 0 Å². The van der Waals surface area contributed by atoms with E-state index in [1.165, 1.54) is 0 Å². The third-order valence-corrected chi connectivity index (χ3v) is 2.30. The highest BCUT2D eigenvalue weighted by Gasteiger charge is 2.13. The lowest BCUT2D eigenvalue weighted by molar-refractivity contribution is 0.241. The fourth-order valence-corrected chi connectivity index (χ4v) is 1.62. The van der Waals surface area contributed by atoms with Crippen molar-refractivity contribution in [3.63, 3.8) is 0 Å². The van der Waals surface area contributed by atoms with Gasteiger partial charge in [0.1, 0.15) is 18.4 Å². The normalized spacial score (nSPS) is 14.1. The van der Waals surface area contributed by atoms with Gasteiger partial charge in [-0.1, -0.05) is 0 Å². The molecule has 1 aliphatic heterocycles. The van der Waals surface area contributed by atoms with Crippen molar-refractivity contribution in [2.24, 2.45) is 4.99 Å². The van der Waals surface area contributed by atoms with Crippen molar-refractivity contribution in [1.82, 2.24) is 0 Å². The van der Waals surface area contributed by atoms with E-state index in [4.69, 9.17) is 14.7 Å². The van der Waals surface area contributed by atoms with Crippen LogP contribution in [0.25, 0.3) is 0 Å². The monoisotopic (exact) mass is 230 g/mol. The summed E-state index contributed by atoms with van der Waals surface area (Å²) in [6, 6.07) is 7.53. The van der Waals surface area contributed by atoms with E-state index in [1.807, 2.05) is 19.9 Å². The molecule has 1 heterocycles. The SMILES string of the molecule is CC(C)Oc1ccc(C2=NCCO2)cc1C#N. The molecule has 0 fully saturated rings. The van der Waals surface area contributed by atoms with Gasteiger partial charge in [0.25, 0.3) is 0 Å². The molecule has 0 aromatic heterocycles. The van der Waals surface area contributed by atoms with E-state index < -0.39 is 0 Å². The van der Waals surface area contributed by atoms with Crippen LogP contribution in [0.5, 0.6) is 5.75 Å².